The minimum absolute atomic E-state index is 0.191. The Labute approximate surface area is 146 Å². The van der Waals surface area contributed by atoms with Crippen molar-refractivity contribution in [3.05, 3.63) is 35.6 Å². The standard InChI is InChI=1S/C17H24FN3O4/c1-11(2)8-14(16(23)25-3)21-15(22)10-20-17(24)19-9-12-4-6-13(18)7-5-12/h4-7,11,14H,8-10H2,1-3H3,(H,21,22)(H2,19,20,24)/t14-/m1/s1. The zero-order chi connectivity index (χ0) is 18.8. The van der Waals surface area contributed by atoms with Gasteiger partial charge in [0.25, 0.3) is 0 Å². The summed E-state index contributed by atoms with van der Waals surface area (Å²) in [4.78, 5) is 35.2. The van der Waals surface area contributed by atoms with E-state index in [9.17, 15) is 18.8 Å². The Balaban J connectivity index is 2.37. The van der Waals surface area contributed by atoms with Gasteiger partial charge in [-0.05, 0) is 30.0 Å². The fourth-order valence-electron chi connectivity index (χ4n) is 2.08. The first-order chi connectivity index (χ1) is 11.8. The molecule has 1 aromatic rings. The Morgan fingerprint density at radius 3 is 2.32 bits per heavy atom. The maximum Gasteiger partial charge on any atom is 0.328 e. The van der Waals surface area contributed by atoms with E-state index in [0.717, 1.165) is 5.56 Å². The van der Waals surface area contributed by atoms with Gasteiger partial charge in [0, 0.05) is 6.54 Å². The van der Waals surface area contributed by atoms with E-state index in [1.165, 1.54) is 19.2 Å². The summed E-state index contributed by atoms with van der Waals surface area (Å²) in [6.45, 7) is 3.76. The van der Waals surface area contributed by atoms with Gasteiger partial charge in [-0.1, -0.05) is 26.0 Å². The van der Waals surface area contributed by atoms with Crippen molar-refractivity contribution < 1.29 is 23.5 Å². The Morgan fingerprint density at radius 1 is 1.12 bits per heavy atom. The third-order valence-corrected chi connectivity index (χ3v) is 3.30. The van der Waals surface area contributed by atoms with E-state index in [4.69, 9.17) is 0 Å². The molecule has 1 rings (SSSR count). The number of ether oxygens (including phenoxy) is 1. The van der Waals surface area contributed by atoms with Crippen LogP contribution in [0.1, 0.15) is 25.8 Å². The van der Waals surface area contributed by atoms with Gasteiger partial charge < -0.3 is 20.7 Å². The molecule has 3 N–H and O–H groups in total. The van der Waals surface area contributed by atoms with Crippen molar-refractivity contribution in [2.24, 2.45) is 5.92 Å². The van der Waals surface area contributed by atoms with Crippen molar-refractivity contribution in [1.82, 2.24) is 16.0 Å². The second-order valence-electron chi connectivity index (χ2n) is 5.94. The van der Waals surface area contributed by atoms with Crippen LogP contribution in [0.25, 0.3) is 0 Å². The second-order valence-corrected chi connectivity index (χ2v) is 5.94. The summed E-state index contributed by atoms with van der Waals surface area (Å²) in [5.41, 5.74) is 0.726. The lowest BCUT2D eigenvalue weighted by atomic mass is 10.0. The van der Waals surface area contributed by atoms with Crippen molar-refractivity contribution in [3.8, 4) is 0 Å². The number of urea groups is 1. The molecule has 1 atom stereocenters. The molecule has 0 radical (unpaired) electrons. The van der Waals surface area contributed by atoms with Crippen LogP contribution in [0.3, 0.4) is 0 Å². The summed E-state index contributed by atoms with van der Waals surface area (Å²) < 4.78 is 17.4. The molecule has 0 saturated heterocycles. The van der Waals surface area contributed by atoms with Gasteiger partial charge in [-0.3, -0.25) is 4.79 Å². The van der Waals surface area contributed by atoms with Crippen LogP contribution in [0.2, 0.25) is 0 Å². The fourth-order valence-corrected chi connectivity index (χ4v) is 2.08. The van der Waals surface area contributed by atoms with Gasteiger partial charge in [-0.2, -0.15) is 0 Å². The van der Waals surface area contributed by atoms with E-state index in [1.807, 2.05) is 13.8 Å². The number of carbonyl (C=O) groups excluding carboxylic acids is 3. The molecule has 0 heterocycles. The van der Waals surface area contributed by atoms with Gasteiger partial charge in [0.15, 0.2) is 0 Å². The lowest BCUT2D eigenvalue weighted by Gasteiger charge is -2.18. The van der Waals surface area contributed by atoms with Gasteiger partial charge >= 0.3 is 12.0 Å². The van der Waals surface area contributed by atoms with Crippen LogP contribution in [0, 0.1) is 11.7 Å². The average molecular weight is 353 g/mol. The molecule has 0 bridgehead atoms. The van der Waals surface area contributed by atoms with Gasteiger partial charge in [0.2, 0.25) is 5.91 Å². The molecule has 0 fully saturated rings. The molecule has 0 aliphatic rings. The number of carbonyl (C=O) groups is 3. The predicted octanol–water partition coefficient (Wildman–Crippen LogP) is 1.33. The summed E-state index contributed by atoms with van der Waals surface area (Å²) in [6, 6.07) is 4.40. The molecule has 3 amide bonds. The van der Waals surface area contributed by atoms with Crippen LogP contribution in [0.5, 0.6) is 0 Å². The molecular weight excluding hydrogens is 329 g/mol. The zero-order valence-corrected chi connectivity index (χ0v) is 14.6. The quantitative estimate of drug-likeness (QED) is 0.614. The van der Waals surface area contributed by atoms with Crippen molar-refractivity contribution in [1.29, 1.82) is 0 Å². The zero-order valence-electron chi connectivity index (χ0n) is 14.6. The number of esters is 1. The second kappa shape index (κ2) is 10.3. The van der Waals surface area contributed by atoms with Gasteiger partial charge in [0.1, 0.15) is 11.9 Å². The number of amides is 3. The number of rotatable bonds is 8. The molecule has 8 heteroatoms. The van der Waals surface area contributed by atoms with Crippen molar-refractivity contribution in [3.63, 3.8) is 0 Å². The van der Waals surface area contributed by atoms with Gasteiger partial charge in [-0.15, -0.1) is 0 Å². The van der Waals surface area contributed by atoms with Crippen LogP contribution in [0.15, 0.2) is 24.3 Å². The Morgan fingerprint density at radius 2 is 1.76 bits per heavy atom. The minimum atomic E-state index is -0.749. The summed E-state index contributed by atoms with van der Waals surface area (Å²) in [5, 5.41) is 7.48. The number of hydrogen-bond acceptors (Lipinski definition) is 4. The van der Waals surface area contributed by atoms with Crippen molar-refractivity contribution in [2.45, 2.75) is 32.9 Å². The topological polar surface area (TPSA) is 96.5 Å². The minimum Gasteiger partial charge on any atom is -0.467 e. The summed E-state index contributed by atoms with van der Waals surface area (Å²) in [7, 11) is 1.25. The van der Waals surface area contributed by atoms with Crippen LogP contribution >= 0.6 is 0 Å². The molecular formula is C17H24FN3O4. The SMILES string of the molecule is COC(=O)[C@@H](CC(C)C)NC(=O)CNC(=O)NCc1ccc(F)cc1. The van der Waals surface area contributed by atoms with Gasteiger partial charge in [-0.25, -0.2) is 14.0 Å². The maximum absolute atomic E-state index is 12.8. The number of methoxy groups -OCH3 is 1. The smallest absolute Gasteiger partial charge is 0.328 e. The van der Waals surface area contributed by atoms with Crippen LogP contribution in [-0.2, 0) is 20.9 Å². The summed E-state index contributed by atoms with van der Waals surface area (Å²) >= 11 is 0. The summed E-state index contributed by atoms with van der Waals surface area (Å²) in [6.07, 6.45) is 0.440. The van der Waals surface area contributed by atoms with E-state index in [1.54, 1.807) is 12.1 Å². The first-order valence-corrected chi connectivity index (χ1v) is 7.95. The molecule has 0 spiro atoms. The fraction of sp³-hybridized carbons (Fsp3) is 0.471. The predicted molar refractivity (Wildman–Crippen MR) is 90.0 cm³/mol. The van der Waals surface area contributed by atoms with E-state index >= 15 is 0 Å². The van der Waals surface area contributed by atoms with Crippen molar-refractivity contribution in [2.75, 3.05) is 13.7 Å². The van der Waals surface area contributed by atoms with E-state index in [2.05, 4.69) is 20.7 Å². The van der Waals surface area contributed by atoms with Crippen molar-refractivity contribution >= 4 is 17.9 Å². The molecule has 1 aromatic carbocycles. The highest BCUT2D eigenvalue weighted by Gasteiger charge is 2.22. The molecule has 25 heavy (non-hydrogen) atoms. The third kappa shape index (κ3) is 8.14. The molecule has 0 aromatic heterocycles. The van der Waals surface area contributed by atoms with Crippen LogP contribution in [-0.4, -0.2) is 37.6 Å². The van der Waals surface area contributed by atoms with Gasteiger partial charge in [0.05, 0.1) is 13.7 Å². The highest BCUT2D eigenvalue weighted by atomic mass is 19.1. The van der Waals surface area contributed by atoms with E-state index in [-0.39, 0.29) is 24.8 Å². The number of halogens is 1. The third-order valence-electron chi connectivity index (χ3n) is 3.30. The number of benzene rings is 1. The highest BCUT2D eigenvalue weighted by Crippen LogP contribution is 2.06. The Hall–Kier alpha value is -2.64. The number of hydrogen-bond donors (Lipinski definition) is 3. The first-order valence-electron chi connectivity index (χ1n) is 7.95. The average Bonchev–Trinajstić information content (AvgIpc) is 2.57. The van der Waals surface area contributed by atoms with E-state index in [0.29, 0.717) is 6.42 Å². The number of nitrogens with one attached hydrogen (secondary N) is 3. The monoisotopic (exact) mass is 353 g/mol. The summed E-state index contributed by atoms with van der Waals surface area (Å²) in [5.74, 6) is -1.18. The Bertz CT molecular complexity index is 590. The Kier molecular flexibility index (Phi) is 8.38. The van der Waals surface area contributed by atoms with E-state index < -0.39 is 23.9 Å². The molecule has 0 aliphatic carbocycles. The molecule has 0 unspecified atom stereocenters. The lowest BCUT2D eigenvalue weighted by molar-refractivity contribution is -0.145. The first kappa shape index (κ1) is 20.4. The normalized spacial score (nSPS) is 11.6. The largest absolute Gasteiger partial charge is 0.467 e. The molecule has 7 nitrogen and oxygen atoms in total. The highest BCUT2D eigenvalue weighted by molar-refractivity contribution is 5.87. The maximum atomic E-state index is 12.8. The molecule has 0 saturated carbocycles. The van der Waals surface area contributed by atoms with Crippen LogP contribution < -0.4 is 16.0 Å². The molecule has 0 aliphatic heterocycles. The van der Waals surface area contributed by atoms with Crippen LogP contribution in [0.4, 0.5) is 9.18 Å². The lowest BCUT2D eigenvalue weighted by Crippen LogP contribution is -2.47. The molecule has 138 valence electrons.